The van der Waals surface area contributed by atoms with Crippen molar-refractivity contribution in [2.24, 2.45) is 0 Å². The molecule has 1 fully saturated rings. The predicted molar refractivity (Wildman–Crippen MR) is 85.0 cm³/mol. The molecule has 1 aromatic carbocycles. The normalized spacial score (nSPS) is 32.2. The van der Waals surface area contributed by atoms with Crippen molar-refractivity contribution in [2.75, 3.05) is 13.1 Å². The summed E-state index contributed by atoms with van der Waals surface area (Å²) in [5.41, 5.74) is 3.19. The van der Waals surface area contributed by atoms with Crippen molar-refractivity contribution in [3.63, 3.8) is 0 Å². The molecule has 2 nitrogen and oxygen atoms in total. The SMILES string of the molecule is CC1CCN(C2CCCc3ccccc32)CCC(C)N1. The van der Waals surface area contributed by atoms with E-state index in [0.717, 1.165) is 0 Å². The smallest absolute Gasteiger partial charge is 0.0350 e. The Balaban J connectivity index is 1.78. The Labute approximate surface area is 123 Å². The lowest BCUT2D eigenvalue weighted by Gasteiger charge is -2.39. The fraction of sp³-hybridized carbons (Fsp3) is 0.667. The van der Waals surface area contributed by atoms with E-state index in [2.05, 4.69) is 48.3 Å². The van der Waals surface area contributed by atoms with E-state index in [1.165, 1.54) is 45.2 Å². The molecule has 1 aromatic rings. The molecule has 110 valence electrons. The van der Waals surface area contributed by atoms with Gasteiger partial charge in [-0.05, 0) is 57.1 Å². The molecular weight excluding hydrogens is 244 g/mol. The minimum absolute atomic E-state index is 0.645. The third-order valence-electron chi connectivity index (χ3n) is 5.05. The van der Waals surface area contributed by atoms with Crippen LogP contribution in [0.5, 0.6) is 0 Å². The Morgan fingerprint density at radius 1 is 1.00 bits per heavy atom. The lowest BCUT2D eigenvalue weighted by atomic mass is 9.86. The summed E-state index contributed by atoms with van der Waals surface area (Å²) in [7, 11) is 0. The van der Waals surface area contributed by atoms with Gasteiger partial charge in [0.15, 0.2) is 0 Å². The Morgan fingerprint density at radius 2 is 1.70 bits per heavy atom. The molecule has 1 saturated heterocycles. The number of benzene rings is 1. The number of aryl methyl sites for hydroxylation is 1. The van der Waals surface area contributed by atoms with E-state index in [1.807, 2.05) is 0 Å². The molecule has 1 aliphatic carbocycles. The maximum atomic E-state index is 3.70. The molecule has 3 atom stereocenters. The summed E-state index contributed by atoms with van der Waals surface area (Å²) >= 11 is 0. The average Bonchev–Trinajstić information content (AvgIpc) is 2.45. The van der Waals surface area contributed by atoms with E-state index in [0.29, 0.717) is 18.1 Å². The van der Waals surface area contributed by atoms with E-state index in [9.17, 15) is 0 Å². The fourth-order valence-corrected chi connectivity index (χ4v) is 3.90. The van der Waals surface area contributed by atoms with Crippen LogP contribution in [0.4, 0.5) is 0 Å². The number of rotatable bonds is 1. The lowest BCUT2D eigenvalue weighted by Crippen LogP contribution is -2.44. The molecule has 2 heteroatoms. The summed E-state index contributed by atoms with van der Waals surface area (Å²) < 4.78 is 0. The third-order valence-corrected chi connectivity index (χ3v) is 5.05. The van der Waals surface area contributed by atoms with Crippen LogP contribution in [0.1, 0.15) is 56.7 Å². The molecule has 0 spiro atoms. The number of nitrogens with one attached hydrogen (secondary N) is 1. The lowest BCUT2D eigenvalue weighted by molar-refractivity contribution is 0.148. The molecule has 0 radical (unpaired) electrons. The van der Waals surface area contributed by atoms with Gasteiger partial charge >= 0.3 is 0 Å². The maximum Gasteiger partial charge on any atom is 0.0350 e. The quantitative estimate of drug-likeness (QED) is 0.841. The van der Waals surface area contributed by atoms with E-state index in [4.69, 9.17) is 0 Å². The zero-order valence-corrected chi connectivity index (χ0v) is 12.9. The highest BCUT2D eigenvalue weighted by atomic mass is 15.2. The third kappa shape index (κ3) is 3.07. The van der Waals surface area contributed by atoms with Gasteiger partial charge in [0, 0.05) is 31.2 Å². The van der Waals surface area contributed by atoms with Gasteiger partial charge in [-0.2, -0.15) is 0 Å². The van der Waals surface area contributed by atoms with Gasteiger partial charge in [-0.25, -0.2) is 0 Å². The van der Waals surface area contributed by atoms with Crippen molar-refractivity contribution in [1.29, 1.82) is 0 Å². The Bertz CT molecular complexity index is 431. The van der Waals surface area contributed by atoms with E-state index in [1.54, 1.807) is 11.1 Å². The second kappa shape index (κ2) is 6.28. The molecule has 0 amide bonds. The van der Waals surface area contributed by atoms with Crippen LogP contribution in [0, 0.1) is 0 Å². The zero-order valence-electron chi connectivity index (χ0n) is 12.9. The summed E-state index contributed by atoms with van der Waals surface area (Å²) in [6.07, 6.45) is 6.50. The maximum absolute atomic E-state index is 3.70. The van der Waals surface area contributed by atoms with Crippen molar-refractivity contribution in [2.45, 2.75) is 64.1 Å². The monoisotopic (exact) mass is 272 g/mol. The van der Waals surface area contributed by atoms with Crippen LogP contribution in [0.25, 0.3) is 0 Å². The summed E-state index contributed by atoms with van der Waals surface area (Å²) in [6.45, 7) is 7.13. The van der Waals surface area contributed by atoms with Gasteiger partial charge in [0.25, 0.3) is 0 Å². The summed E-state index contributed by atoms with van der Waals surface area (Å²) in [6, 6.07) is 11.1. The van der Waals surface area contributed by atoms with Crippen molar-refractivity contribution in [3.05, 3.63) is 35.4 Å². The number of nitrogens with zero attached hydrogens (tertiary/aromatic N) is 1. The molecule has 20 heavy (non-hydrogen) atoms. The fourth-order valence-electron chi connectivity index (χ4n) is 3.90. The van der Waals surface area contributed by atoms with Crippen molar-refractivity contribution in [1.82, 2.24) is 10.2 Å². The molecule has 1 aliphatic heterocycles. The van der Waals surface area contributed by atoms with Crippen molar-refractivity contribution < 1.29 is 0 Å². The highest BCUT2D eigenvalue weighted by Crippen LogP contribution is 2.34. The molecule has 0 saturated carbocycles. The summed E-state index contributed by atoms with van der Waals surface area (Å²) in [4.78, 5) is 2.76. The van der Waals surface area contributed by atoms with E-state index in [-0.39, 0.29) is 0 Å². The van der Waals surface area contributed by atoms with Crippen LogP contribution in [-0.4, -0.2) is 30.1 Å². The topological polar surface area (TPSA) is 15.3 Å². The standard InChI is InChI=1S/C18H28N2/c1-14-10-12-20(13-11-15(2)19-14)18-9-5-7-16-6-3-4-8-17(16)18/h3-4,6,8,14-15,18-19H,5,7,9-13H2,1-2H3. The minimum Gasteiger partial charge on any atom is -0.312 e. The van der Waals surface area contributed by atoms with Gasteiger partial charge in [0.2, 0.25) is 0 Å². The molecule has 0 aromatic heterocycles. The molecule has 3 unspecified atom stereocenters. The average molecular weight is 272 g/mol. The molecule has 0 bridgehead atoms. The Hall–Kier alpha value is -0.860. The highest BCUT2D eigenvalue weighted by molar-refractivity contribution is 5.32. The first-order valence-corrected chi connectivity index (χ1v) is 8.32. The first kappa shape index (κ1) is 14.1. The second-order valence-electron chi connectivity index (χ2n) is 6.69. The molecule has 2 aliphatic rings. The van der Waals surface area contributed by atoms with Crippen LogP contribution in [0.15, 0.2) is 24.3 Å². The number of hydrogen-bond donors (Lipinski definition) is 1. The van der Waals surface area contributed by atoms with Gasteiger partial charge in [0.1, 0.15) is 0 Å². The van der Waals surface area contributed by atoms with Crippen molar-refractivity contribution in [3.8, 4) is 0 Å². The number of hydrogen-bond acceptors (Lipinski definition) is 2. The van der Waals surface area contributed by atoms with Crippen LogP contribution >= 0.6 is 0 Å². The Kier molecular flexibility index (Phi) is 4.42. The van der Waals surface area contributed by atoms with Crippen LogP contribution in [-0.2, 0) is 6.42 Å². The van der Waals surface area contributed by atoms with Crippen molar-refractivity contribution >= 4 is 0 Å². The molecule has 1 heterocycles. The van der Waals surface area contributed by atoms with Crippen LogP contribution < -0.4 is 5.32 Å². The Morgan fingerprint density at radius 3 is 2.45 bits per heavy atom. The minimum atomic E-state index is 0.645. The highest BCUT2D eigenvalue weighted by Gasteiger charge is 2.27. The van der Waals surface area contributed by atoms with E-state index < -0.39 is 0 Å². The largest absolute Gasteiger partial charge is 0.312 e. The predicted octanol–water partition coefficient (Wildman–Crippen LogP) is 3.53. The summed E-state index contributed by atoms with van der Waals surface area (Å²) in [5, 5.41) is 3.70. The van der Waals surface area contributed by atoms with Gasteiger partial charge in [-0.15, -0.1) is 0 Å². The van der Waals surface area contributed by atoms with Crippen LogP contribution in [0.2, 0.25) is 0 Å². The first-order chi connectivity index (χ1) is 9.74. The van der Waals surface area contributed by atoms with Gasteiger partial charge in [-0.3, -0.25) is 4.90 Å². The van der Waals surface area contributed by atoms with Gasteiger partial charge in [0.05, 0.1) is 0 Å². The molecule has 3 rings (SSSR count). The summed E-state index contributed by atoms with van der Waals surface area (Å²) in [5.74, 6) is 0. The zero-order chi connectivity index (χ0) is 13.9. The van der Waals surface area contributed by atoms with Gasteiger partial charge in [-0.1, -0.05) is 24.3 Å². The molecule has 1 N–H and O–H groups in total. The van der Waals surface area contributed by atoms with Crippen LogP contribution in [0.3, 0.4) is 0 Å². The molecular formula is C18H28N2. The first-order valence-electron chi connectivity index (χ1n) is 8.32. The van der Waals surface area contributed by atoms with Gasteiger partial charge < -0.3 is 5.32 Å². The second-order valence-corrected chi connectivity index (χ2v) is 6.69. The number of fused-ring (bicyclic) bond motifs is 1. The van der Waals surface area contributed by atoms with E-state index >= 15 is 0 Å².